The maximum absolute atomic E-state index is 12.0. The van der Waals surface area contributed by atoms with E-state index in [1.807, 2.05) is 36.4 Å². The second-order valence-corrected chi connectivity index (χ2v) is 4.58. The standard InChI is InChI=1S/C15H15N3O2/c1-20-13-6-4-11(5-7-13)10-18-14-12(3-2-8-16-14)9-17-15(18)19/h2-8H,9-10H2,1H3,(H,17,19). The molecule has 1 aromatic heterocycles. The Morgan fingerprint density at radius 3 is 2.85 bits per heavy atom. The normalized spacial score (nSPS) is 13.7. The number of urea groups is 1. The second-order valence-electron chi connectivity index (χ2n) is 4.58. The first kappa shape index (κ1) is 12.5. The van der Waals surface area contributed by atoms with Gasteiger partial charge in [-0.15, -0.1) is 0 Å². The van der Waals surface area contributed by atoms with Crippen LogP contribution in [0.4, 0.5) is 10.6 Å². The molecule has 5 nitrogen and oxygen atoms in total. The minimum absolute atomic E-state index is 0.119. The zero-order chi connectivity index (χ0) is 13.9. The van der Waals surface area contributed by atoms with E-state index >= 15 is 0 Å². The molecule has 0 saturated carbocycles. The van der Waals surface area contributed by atoms with Crippen LogP contribution in [0.25, 0.3) is 0 Å². The van der Waals surface area contributed by atoms with Crippen molar-refractivity contribution in [1.29, 1.82) is 0 Å². The molecule has 0 bridgehead atoms. The van der Waals surface area contributed by atoms with Gasteiger partial charge in [0.15, 0.2) is 0 Å². The number of rotatable bonds is 3. The molecule has 0 atom stereocenters. The topological polar surface area (TPSA) is 54.5 Å². The van der Waals surface area contributed by atoms with Crippen molar-refractivity contribution in [2.24, 2.45) is 0 Å². The summed E-state index contributed by atoms with van der Waals surface area (Å²) in [5.74, 6) is 1.53. The van der Waals surface area contributed by atoms with Crippen LogP contribution >= 0.6 is 0 Å². The summed E-state index contributed by atoms with van der Waals surface area (Å²) >= 11 is 0. The van der Waals surface area contributed by atoms with Crippen LogP contribution in [-0.4, -0.2) is 18.1 Å². The fourth-order valence-corrected chi connectivity index (χ4v) is 2.23. The summed E-state index contributed by atoms with van der Waals surface area (Å²) in [7, 11) is 1.63. The van der Waals surface area contributed by atoms with Crippen molar-refractivity contribution in [3.63, 3.8) is 0 Å². The number of anilines is 1. The van der Waals surface area contributed by atoms with Crippen molar-refractivity contribution < 1.29 is 9.53 Å². The maximum Gasteiger partial charge on any atom is 0.323 e. The van der Waals surface area contributed by atoms with Crippen LogP contribution in [0, 0.1) is 0 Å². The number of benzene rings is 1. The predicted octanol–water partition coefficient (Wildman–Crippen LogP) is 2.32. The summed E-state index contributed by atoms with van der Waals surface area (Å²) in [6.07, 6.45) is 1.71. The fourth-order valence-electron chi connectivity index (χ4n) is 2.23. The zero-order valence-electron chi connectivity index (χ0n) is 11.2. The van der Waals surface area contributed by atoms with Gasteiger partial charge in [-0.1, -0.05) is 18.2 Å². The van der Waals surface area contributed by atoms with Crippen molar-refractivity contribution in [3.8, 4) is 5.75 Å². The summed E-state index contributed by atoms with van der Waals surface area (Å²) in [4.78, 5) is 18.0. The highest BCUT2D eigenvalue weighted by Crippen LogP contribution is 2.23. The number of methoxy groups -OCH3 is 1. The monoisotopic (exact) mass is 269 g/mol. The van der Waals surface area contributed by atoms with Gasteiger partial charge in [0.1, 0.15) is 11.6 Å². The van der Waals surface area contributed by atoms with Gasteiger partial charge in [-0.2, -0.15) is 0 Å². The third-order valence-electron chi connectivity index (χ3n) is 3.30. The van der Waals surface area contributed by atoms with Gasteiger partial charge in [0.2, 0.25) is 0 Å². The predicted molar refractivity (Wildman–Crippen MR) is 75.6 cm³/mol. The first-order valence-electron chi connectivity index (χ1n) is 6.40. The fraction of sp³-hybridized carbons (Fsp3) is 0.200. The number of amides is 2. The lowest BCUT2D eigenvalue weighted by molar-refractivity contribution is 0.244. The van der Waals surface area contributed by atoms with Crippen molar-refractivity contribution in [3.05, 3.63) is 53.7 Å². The van der Waals surface area contributed by atoms with Gasteiger partial charge >= 0.3 is 6.03 Å². The number of fused-ring (bicyclic) bond motifs is 1. The van der Waals surface area contributed by atoms with Gasteiger partial charge < -0.3 is 10.1 Å². The molecular weight excluding hydrogens is 254 g/mol. The Kier molecular flexibility index (Phi) is 3.25. The van der Waals surface area contributed by atoms with Crippen LogP contribution in [0.1, 0.15) is 11.1 Å². The smallest absolute Gasteiger partial charge is 0.323 e. The minimum Gasteiger partial charge on any atom is -0.497 e. The molecular formula is C15H15N3O2. The van der Waals surface area contributed by atoms with E-state index in [2.05, 4.69) is 10.3 Å². The highest BCUT2D eigenvalue weighted by molar-refractivity contribution is 5.93. The third-order valence-corrected chi connectivity index (χ3v) is 3.30. The first-order chi connectivity index (χ1) is 9.78. The Hall–Kier alpha value is -2.56. The van der Waals surface area contributed by atoms with Crippen LogP contribution in [0.15, 0.2) is 42.6 Å². The average molecular weight is 269 g/mol. The van der Waals surface area contributed by atoms with E-state index in [4.69, 9.17) is 4.74 Å². The number of hydrogen-bond donors (Lipinski definition) is 1. The Balaban J connectivity index is 1.87. The van der Waals surface area contributed by atoms with Gasteiger partial charge in [0.05, 0.1) is 13.7 Å². The molecule has 3 rings (SSSR count). The number of nitrogens with zero attached hydrogens (tertiary/aromatic N) is 2. The molecule has 20 heavy (non-hydrogen) atoms. The van der Waals surface area contributed by atoms with Crippen molar-refractivity contribution in [2.45, 2.75) is 13.1 Å². The molecule has 2 heterocycles. The summed E-state index contributed by atoms with van der Waals surface area (Å²) < 4.78 is 5.13. The van der Waals surface area contributed by atoms with E-state index in [-0.39, 0.29) is 6.03 Å². The summed E-state index contributed by atoms with van der Waals surface area (Å²) in [5, 5.41) is 2.85. The molecule has 0 saturated heterocycles. The number of aromatic nitrogens is 1. The molecule has 1 aromatic carbocycles. The molecule has 2 aromatic rings. The number of hydrogen-bond acceptors (Lipinski definition) is 3. The lowest BCUT2D eigenvalue weighted by Gasteiger charge is -2.28. The highest BCUT2D eigenvalue weighted by Gasteiger charge is 2.24. The van der Waals surface area contributed by atoms with Crippen LogP contribution in [-0.2, 0) is 13.1 Å². The average Bonchev–Trinajstić information content (AvgIpc) is 2.51. The summed E-state index contributed by atoms with van der Waals surface area (Å²) in [5.41, 5.74) is 2.06. The molecule has 0 radical (unpaired) electrons. The number of nitrogens with one attached hydrogen (secondary N) is 1. The molecule has 0 aliphatic carbocycles. The van der Waals surface area contributed by atoms with E-state index in [9.17, 15) is 4.79 Å². The number of carbonyl (C=O) groups is 1. The van der Waals surface area contributed by atoms with Gasteiger partial charge in [-0.05, 0) is 23.8 Å². The number of ether oxygens (including phenoxy) is 1. The van der Waals surface area contributed by atoms with Crippen LogP contribution in [0.3, 0.4) is 0 Å². The first-order valence-corrected chi connectivity index (χ1v) is 6.40. The van der Waals surface area contributed by atoms with Crippen molar-refractivity contribution >= 4 is 11.8 Å². The lowest BCUT2D eigenvalue weighted by atomic mass is 10.1. The van der Waals surface area contributed by atoms with Crippen molar-refractivity contribution in [1.82, 2.24) is 10.3 Å². The molecule has 1 aliphatic rings. The van der Waals surface area contributed by atoms with E-state index < -0.39 is 0 Å². The number of pyridine rings is 1. The van der Waals surface area contributed by atoms with Gasteiger partial charge in [0.25, 0.3) is 0 Å². The molecule has 1 aliphatic heterocycles. The van der Waals surface area contributed by atoms with E-state index in [0.29, 0.717) is 13.1 Å². The molecule has 1 N–H and O–H groups in total. The van der Waals surface area contributed by atoms with Crippen LogP contribution in [0.2, 0.25) is 0 Å². The van der Waals surface area contributed by atoms with E-state index in [0.717, 1.165) is 22.7 Å². The maximum atomic E-state index is 12.0. The zero-order valence-corrected chi connectivity index (χ0v) is 11.2. The minimum atomic E-state index is -0.119. The molecule has 102 valence electrons. The van der Waals surface area contributed by atoms with E-state index in [1.165, 1.54) is 0 Å². The number of carbonyl (C=O) groups excluding carboxylic acids is 1. The quantitative estimate of drug-likeness (QED) is 0.930. The largest absolute Gasteiger partial charge is 0.497 e. The Morgan fingerprint density at radius 2 is 2.10 bits per heavy atom. The molecule has 0 spiro atoms. The molecule has 5 heteroatoms. The van der Waals surface area contributed by atoms with Gasteiger partial charge in [-0.3, -0.25) is 4.90 Å². The summed E-state index contributed by atoms with van der Waals surface area (Å²) in [6, 6.07) is 11.4. The van der Waals surface area contributed by atoms with Crippen LogP contribution in [0.5, 0.6) is 5.75 Å². The molecule has 2 amide bonds. The Morgan fingerprint density at radius 1 is 1.30 bits per heavy atom. The van der Waals surface area contributed by atoms with Gasteiger partial charge in [0, 0.05) is 18.3 Å². The third kappa shape index (κ3) is 2.30. The highest BCUT2D eigenvalue weighted by atomic mass is 16.5. The summed E-state index contributed by atoms with van der Waals surface area (Å²) in [6.45, 7) is 1.01. The molecule has 0 unspecified atom stereocenters. The second kappa shape index (κ2) is 5.21. The Labute approximate surface area is 117 Å². The Bertz CT molecular complexity index is 625. The van der Waals surface area contributed by atoms with Crippen molar-refractivity contribution in [2.75, 3.05) is 12.0 Å². The van der Waals surface area contributed by atoms with Crippen LogP contribution < -0.4 is 15.0 Å². The van der Waals surface area contributed by atoms with E-state index in [1.54, 1.807) is 18.2 Å². The van der Waals surface area contributed by atoms with Gasteiger partial charge in [-0.25, -0.2) is 9.78 Å². The SMILES string of the molecule is COc1ccc(CN2C(=O)NCc3cccnc32)cc1. The lowest BCUT2D eigenvalue weighted by Crippen LogP contribution is -2.44. The molecule has 0 fully saturated rings.